The Morgan fingerprint density at radius 1 is 1.10 bits per heavy atom. The molecule has 0 aromatic carbocycles. The second kappa shape index (κ2) is 8.49. The van der Waals surface area contributed by atoms with Crippen LogP contribution in [0.5, 0.6) is 0 Å². The summed E-state index contributed by atoms with van der Waals surface area (Å²) in [5.41, 5.74) is 5.03. The molecule has 31 heavy (non-hydrogen) atoms. The predicted octanol–water partition coefficient (Wildman–Crippen LogP) is 7.12. The van der Waals surface area contributed by atoms with Crippen LogP contribution in [0.25, 0.3) is 0 Å². The van der Waals surface area contributed by atoms with Crippen molar-refractivity contribution in [2.45, 2.75) is 117 Å². The van der Waals surface area contributed by atoms with Gasteiger partial charge < -0.3 is 10.2 Å². The summed E-state index contributed by atoms with van der Waals surface area (Å²) in [5.74, 6) is 1.62. The van der Waals surface area contributed by atoms with Gasteiger partial charge in [-0.15, -0.1) is 0 Å². The number of aliphatic hydroxyl groups excluding tert-OH is 2. The number of fused-ring (bicyclic) bond motifs is 1. The third-order valence-electron chi connectivity index (χ3n) is 9.46. The molecular weight excluding hydrogens is 380 g/mol. The van der Waals surface area contributed by atoms with Gasteiger partial charge in [-0.05, 0) is 103 Å². The number of allylic oxidation sites excluding steroid dienone is 3. The summed E-state index contributed by atoms with van der Waals surface area (Å²) in [5, 5.41) is 20.3. The average Bonchev–Trinajstić information content (AvgIpc) is 3.35. The van der Waals surface area contributed by atoms with Gasteiger partial charge in [0, 0.05) is 6.42 Å². The van der Waals surface area contributed by atoms with E-state index in [4.69, 9.17) is 0 Å². The summed E-state index contributed by atoms with van der Waals surface area (Å²) in [7, 11) is 0. The van der Waals surface area contributed by atoms with Gasteiger partial charge in [-0.1, -0.05) is 58.4 Å². The number of hydrogen-bond acceptors (Lipinski definition) is 2. The first-order valence-electron chi connectivity index (χ1n) is 13.0. The summed E-state index contributed by atoms with van der Waals surface area (Å²) in [6.45, 7) is 13.9. The molecule has 0 aromatic rings. The van der Waals surface area contributed by atoms with Crippen molar-refractivity contribution >= 4 is 0 Å². The summed E-state index contributed by atoms with van der Waals surface area (Å²) >= 11 is 0. The minimum absolute atomic E-state index is 0.423. The maximum atomic E-state index is 10.2. The van der Waals surface area contributed by atoms with E-state index < -0.39 is 12.2 Å². The molecule has 4 aliphatic rings. The highest BCUT2D eigenvalue weighted by molar-refractivity contribution is 5.38. The van der Waals surface area contributed by atoms with Crippen molar-refractivity contribution < 1.29 is 10.2 Å². The van der Waals surface area contributed by atoms with Crippen LogP contribution in [0.4, 0.5) is 0 Å². The fraction of sp³-hybridized carbons (Fsp3) is 0.793. The lowest BCUT2D eigenvalue weighted by Crippen LogP contribution is -2.37. The number of hydrogen-bond donors (Lipinski definition) is 2. The molecule has 0 aromatic heterocycles. The van der Waals surface area contributed by atoms with Gasteiger partial charge in [0.05, 0.1) is 12.2 Å². The van der Waals surface area contributed by atoms with E-state index in [1.807, 2.05) is 0 Å². The standard InChI is InChI=1S/C29H46O2/c1-20-22(18-23(30)19-25(20)31)10-9-21-8-6-14-28(5)24(21)11-12-26(28)29(16-17-29)15-7-13-27(2,3)4/h9-10,23-26,30-31H,1,6-8,11-19H2,2-5H3/b21-9+,22-10-/t23-,24+,25+,26+,28+/m1/s1. The van der Waals surface area contributed by atoms with E-state index in [-0.39, 0.29) is 0 Å². The Morgan fingerprint density at radius 3 is 2.52 bits per heavy atom. The van der Waals surface area contributed by atoms with Crippen molar-refractivity contribution in [3.63, 3.8) is 0 Å². The Hall–Kier alpha value is -0.860. The first-order chi connectivity index (χ1) is 14.5. The van der Waals surface area contributed by atoms with Gasteiger partial charge in [0.15, 0.2) is 0 Å². The molecule has 0 saturated heterocycles. The lowest BCUT2D eigenvalue weighted by Gasteiger charge is -2.45. The van der Waals surface area contributed by atoms with Crippen LogP contribution in [-0.2, 0) is 0 Å². The third-order valence-corrected chi connectivity index (χ3v) is 9.46. The highest BCUT2D eigenvalue weighted by Crippen LogP contribution is 2.70. The van der Waals surface area contributed by atoms with Crippen molar-refractivity contribution in [3.05, 3.63) is 35.5 Å². The van der Waals surface area contributed by atoms with E-state index in [0.29, 0.717) is 29.1 Å². The van der Waals surface area contributed by atoms with Crippen molar-refractivity contribution in [1.29, 1.82) is 0 Å². The van der Waals surface area contributed by atoms with Crippen LogP contribution in [0.15, 0.2) is 35.5 Å². The molecule has 4 saturated carbocycles. The molecule has 4 aliphatic carbocycles. The predicted molar refractivity (Wildman–Crippen MR) is 130 cm³/mol. The number of aliphatic hydroxyl groups is 2. The molecule has 0 bridgehead atoms. The van der Waals surface area contributed by atoms with Crippen LogP contribution < -0.4 is 0 Å². The lowest BCUT2D eigenvalue weighted by atomic mass is 9.59. The Labute approximate surface area is 190 Å². The van der Waals surface area contributed by atoms with E-state index in [1.165, 1.54) is 64.2 Å². The molecule has 0 spiro atoms. The van der Waals surface area contributed by atoms with Crippen LogP contribution in [0.3, 0.4) is 0 Å². The van der Waals surface area contributed by atoms with E-state index >= 15 is 0 Å². The van der Waals surface area contributed by atoms with E-state index in [1.54, 1.807) is 5.57 Å². The molecule has 174 valence electrons. The van der Waals surface area contributed by atoms with E-state index in [0.717, 1.165) is 23.0 Å². The van der Waals surface area contributed by atoms with Gasteiger partial charge in [-0.2, -0.15) is 0 Å². The van der Waals surface area contributed by atoms with Crippen LogP contribution in [0.2, 0.25) is 0 Å². The molecule has 2 N–H and O–H groups in total. The molecule has 0 heterocycles. The Morgan fingerprint density at radius 2 is 1.84 bits per heavy atom. The molecule has 4 fully saturated rings. The maximum Gasteiger partial charge on any atom is 0.0811 e. The van der Waals surface area contributed by atoms with Crippen molar-refractivity contribution in [1.82, 2.24) is 0 Å². The van der Waals surface area contributed by atoms with E-state index in [9.17, 15) is 10.2 Å². The van der Waals surface area contributed by atoms with Crippen LogP contribution in [-0.4, -0.2) is 22.4 Å². The molecule has 0 amide bonds. The van der Waals surface area contributed by atoms with Gasteiger partial charge in [0.1, 0.15) is 0 Å². The molecule has 0 radical (unpaired) electrons. The van der Waals surface area contributed by atoms with Crippen molar-refractivity contribution in [3.8, 4) is 0 Å². The van der Waals surface area contributed by atoms with Crippen molar-refractivity contribution in [2.75, 3.05) is 0 Å². The minimum Gasteiger partial charge on any atom is -0.393 e. The first kappa shape index (κ1) is 23.3. The van der Waals surface area contributed by atoms with Gasteiger partial charge in [0.2, 0.25) is 0 Å². The van der Waals surface area contributed by atoms with Gasteiger partial charge >= 0.3 is 0 Å². The van der Waals surface area contributed by atoms with Crippen LogP contribution in [0.1, 0.15) is 105 Å². The zero-order valence-corrected chi connectivity index (χ0v) is 20.6. The average molecular weight is 427 g/mol. The topological polar surface area (TPSA) is 40.5 Å². The highest BCUT2D eigenvalue weighted by atomic mass is 16.3. The van der Waals surface area contributed by atoms with E-state index in [2.05, 4.69) is 46.4 Å². The molecule has 2 nitrogen and oxygen atoms in total. The summed E-state index contributed by atoms with van der Waals surface area (Å²) < 4.78 is 0. The van der Waals surface area contributed by atoms with Gasteiger partial charge in [-0.3, -0.25) is 0 Å². The Kier molecular flexibility index (Phi) is 6.38. The Balaban J connectivity index is 1.49. The molecule has 5 atom stereocenters. The summed E-state index contributed by atoms with van der Waals surface area (Å²) in [6.07, 6.45) is 18.3. The van der Waals surface area contributed by atoms with Crippen LogP contribution >= 0.6 is 0 Å². The zero-order valence-electron chi connectivity index (χ0n) is 20.6. The number of rotatable bonds is 5. The largest absolute Gasteiger partial charge is 0.393 e. The SMILES string of the molecule is C=C1/C(=C\C=C2/CCC[C@]3(C)[C@@H](C4(CCCC(C)(C)C)CC4)CC[C@@H]23)C[C@@H](O)C[C@@H]1O. The third kappa shape index (κ3) is 4.76. The Bertz CT molecular complexity index is 747. The molecule has 2 heteroatoms. The fourth-order valence-corrected chi connectivity index (χ4v) is 7.61. The molecular formula is C29H46O2. The zero-order chi connectivity index (χ0) is 22.4. The molecule has 4 rings (SSSR count). The lowest BCUT2D eigenvalue weighted by molar-refractivity contribution is 0.0730. The van der Waals surface area contributed by atoms with Crippen LogP contribution in [0, 0.1) is 28.1 Å². The van der Waals surface area contributed by atoms with Gasteiger partial charge in [0.25, 0.3) is 0 Å². The summed E-state index contributed by atoms with van der Waals surface area (Å²) in [6, 6.07) is 0. The maximum absolute atomic E-state index is 10.2. The monoisotopic (exact) mass is 426 g/mol. The molecule has 0 unspecified atom stereocenters. The normalized spacial score (nSPS) is 40.4. The quantitative estimate of drug-likeness (QED) is 0.491. The minimum atomic E-state index is -0.594. The van der Waals surface area contributed by atoms with Crippen molar-refractivity contribution in [2.24, 2.45) is 28.1 Å². The smallest absolute Gasteiger partial charge is 0.0811 e. The van der Waals surface area contributed by atoms with Gasteiger partial charge in [-0.25, -0.2) is 0 Å². The second-order valence-electron chi connectivity index (χ2n) is 12.9. The molecule has 0 aliphatic heterocycles. The fourth-order valence-electron chi connectivity index (χ4n) is 7.61. The summed E-state index contributed by atoms with van der Waals surface area (Å²) in [4.78, 5) is 0. The first-order valence-corrected chi connectivity index (χ1v) is 13.0. The highest BCUT2D eigenvalue weighted by Gasteiger charge is 2.60. The second-order valence-corrected chi connectivity index (χ2v) is 12.9.